The summed E-state index contributed by atoms with van der Waals surface area (Å²) in [6, 6.07) is 13.2. The van der Waals surface area contributed by atoms with E-state index in [4.69, 9.17) is 0 Å². The largest absolute Gasteiger partial charge is 0.368 e. The monoisotopic (exact) mass is 466 g/mol. The van der Waals surface area contributed by atoms with Crippen molar-refractivity contribution in [1.82, 2.24) is 4.90 Å². The number of hydrogen-bond donors (Lipinski definition) is 1. The van der Waals surface area contributed by atoms with Gasteiger partial charge in [0.1, 0.15) is 0 Å². The normalized spacial score (nSPS) is 15.1. The van der Waals surface area contributed by atoms with Gasteiger partial charge in [0.15, 0.2) is 0 Å². The van der Waals surface area contributed by atoms with Crippen LogP contribution >= 0.6 is 0 Å². The molecule has 0 spiro atoms. The molecule has 182 valence electrons. The van der Waals surface area contributed by atoms with Crippen LogP contribution < -0.4 is 10.2 Å². The van der Waals surface area contributed by atoms with Gasteiger partial charge in [0.05, 0.1) is 4.92 Å². The molecular formula is C26H34N4O4. The summed E-state index contributed by atoms with van der Waals surface area (Å²) in [4.78, 5) is 39.7. The third-order valence-corrected chi connectivity index (χ3v) is 5.93. The summed E-state index contributed by atoms with van der Waals surface area (Å²) in [5.74, 6) is 0.204. The highest BCUT2D eigenvalue weighted by atomic mass is 16.6. The molecule has 34 heavy (non-hydrogen) atoms. The summed E-state index contributed by atoms with van der Waals surface area (Å²) in [6.45, 7) is 11.7. The molecule has 1 atom stereocenters. The van der Waals surface area contributed by atoms with Crippen molar-refractivity contribution in [3.05, 3.63) is 64.2 Å². The topological polar surface area (TPSA) is 95.8 Å². The minimum absolute atomic E-state index is 0.121. The number of anilines is 2. The third kappa shape index (κ3) is 7.04. The van der Waals surface area contributed by atoms with Gasteiger partial charge in [0.25, 0.3) is 11.6 Å². The molecule has 1 fully saturated rings. The van der Waals surface area contributed by atoms with Crippen LogP contribution in [0.15, 0.2) is 48.5 Å². The number of nitrogens with zero attached hydrogens (tertiary/aromatic N) is 3. The Labute approximate surface area is 201 Å². The van der Waals surface area contributed by atoms with E-state index in [0.29, 0.717) is 31.1 Å². The average Bonchev–Trinajstić information content (AvgIpc) is 2.78. The van der Waals surface area contributed by atoms with Crippen LogP contribution in [0, 0.1) is 21.4 Å². The van der Waals surface area contributed by atoms with E-state index in [1.54, 1.807) is 6.07 Å². The number of nitro groups is 1. The third-order valence-electron chi connectivity index (χ3n) is 5.93. The van der Waals surface area contributed by atoms with E-state index >= 15 is 0 Å². The highest BCUT2D eigenvalue weighted by Gasteiger charge is 2.24. The second-order valence-corrected chi connectivity index (χ2v) is 10.3. The Balaban J connectivity index is 1.51. The van der Waals surface area contributed by atoms with Crippen molar-refractivity contribution >= 4 is 28.9 Å². The summed E-state index contributed by atoms with van der Waals surface area (Å²) in [5, 5.41) is 13.7. The molecule has 0 bridgehead atoms. The molecule has 8 nitrogen and oxygen atoms in total. The van der Waals surface area contributed by atoms with Crippen molar-refractivity contribution in [2.45, 2.75) is 40.5 Å². The number of amides is 2. The molecular weight excluding hydrogens is 432 g/mol. The maximum absolute atomic E-state index is 12.7. The Morgan fingerprint density at radius 3 is 2.29 bits per heavy atom. The average molecular weight is 467 g/mol. The molecule has 1 heterocycles. The van der Waals surface area contributed by atoms with Gasteiger partial charge in [-0.05, 0) is 48.1 Å². The second kappa shape index (κ2) is 10.7. The Kier molecular flexibility index (Phi) is 7.91. The standard InChI is InChI=1S/C26H34N4O4/c1-19(18-26(2,3)4)16-24(31)29-14-12-28(13-15-29)22-10-8-21(9-11-22)27-25(32)20-6-5-7-23(17-20)30(33)34/h5-11,17,19H,12-16,18H2,1-4H3,(H,27,32). The fourth-order valence-corrected chi connectivity index (χ4v) is 4.48. The van der Waals surface area contributed by atoms with Gasteiger partial charge in [-0.1, -0.05) is 33.8 Å². The molecule has 1 saturated heterocycles. The molecule has 0 aliphatic carbocycles. The zero-order valence-electron chi connectivity index (χ0n) is 20.4. The Hall–Kier alpha value is -3.42. The lowest BCUT2D eigenvalue weighted by molar-refractivity contribution is -0.384. The second-order valence-electron chi connectivity index (χ2n) is 10.3. The first-order chi connectivity index (χ1) is 16.0. The molecule has 1 aliphatic rings. The van der Waals surface area contributed by atoms with Crippen molar-refractivity contribution in [2.75, 3.05) is 36.4 Å². The predicted molar refractivity (Wildman–Crippen MR) is 134 cm³/mol. The van der Waals surface area contributed by atoms with Gasteiger partial charge in [0, 0.05) is 61.7 Å². The van der Waals surface area contributed by atoms with E-state index in [-0.39, 0.29) is 22.6 Å². The van der Waals surface area contributed by atoms with Crippen molar-refractivity contribution < 1.29 is 14.5 Å². The Morgan fingerprint density at radius 2 is 1.71 bits per heavy atom. The lowest BCUT2D eigenvalue weighted by Crippen LogP contribution is -2.49. The maximum atomic E-state index is 12.7. The smallest absolute Gasteiger partial charge is 0.270 e. The van der Waals surface area contributed by atoms with E-state index in [2.05, 4.69) is 37.9 Å². The number of piperazine rings is 1. The SMILES string of the molecule is CC(CC(=O)N1CCN(c2ccc(NC(=O)c3cccc([N+](=O)[O-])c3)cc2)CC1)CC(C)(C)C. The van der Waals surface area contributed by atoms with Crippen LogP contribution in [0.4, 0.5) is 17.1 Å². The van der Waals surface area contributed by atoms with Gasteiger partial charge in [-0.25, -0.2) is 0 Å². The Morgan fingerprint density at radius 1 is 1.06 bits per heavy atom. The minimum atomic E-state index is -0.522. The van der Waals surface area contributed by atoms with Crippen LogP contribution in [0.25, 0.3) is 0 Å². The summed E-state index contributed by atoms with van der Waals surface area (Å²) in [5.41, 5.74) is 1.98. The molecule has 2 aromatic rings. The fourth-order valence-electron chi connectivity index (χ4n) is 4.48. The van der Waals surface area contributed by atoms with E-state index in [1.807, 2.05) is 29.2 Å². The molecule has 0 radical (unpaired) electrons. The van der Waals surface area contributed by atoms with Gasteiger partial charge in [0.2, 0.25) is 5.91 Å². The minimum Gasteiger partial charge on any atom is -0.368 e. The van der Waals surface area contributed by atoms with Crippen LogP contribution in [-0.2, 0) is 4.79 Å². The predicted octanol–water partition coefficient (Wildman–Crippen LogP) is 4.96. The zero-order valence-corrected chi connectivity index (χ0v) is 20.4. The van der Waals surface area contributed by atoms with Gasteiger partial charge >= 0.3 is 0 Å². The fraction of sp³-hybridized carbons (Fsp3) is 0.462. The van der Waals surface area contributed by atoms with Gasteiger partial charge in [-0.15, -0.1) is 0 Å². The van der Waals surface area contributed by atoms with Crippen LogP contribution in [0.2, 0.25) is 0 Å². The van der Waals surface area contributed by atoms with E-state index in [1.165, 1.54) is 18.2 Å². The van der Waals surface area contributed by atoms with Gasteiger partial charge < -0.3 is 15.1 Å². The summed E-state index contributed by atoms with van der Waals surface area (Å²) >= 11 is 0. The van der Waals surface area contributed by atoms with Crippen LogP contribution in [0.5, 0.6) is 0 Å². The lowest BCUT2D eigenvalue weighted by atomic mass is 9.84. The molecule has 1 N–H and O–H groups in total. The number of rotatable bonds is 7. The first-order valence-electron chi connectivity index (χ1n) is 11.7. The van der Waals surface area contributed by atoms with Gasteiger partial charge in [-0.3, -0.25) is 19.7 Å². The highest BCUT2D eigenvalue weighted by Crippen LogP contribution is 2.27. The van der Waals surface area contributed by atoms with E-state index in [9.17, 15) is 19.7 Å². The number of nitro benzene ring substituents is 1. The first-order valence-corrected chi connectivity index (χ1v) is 11.7. The molecule has 1 unspecified atom stereocenters. The number of hydrogen-bond acceptors (Lipinski definition) is 5. The summed E-state index contributed by atoms with van der Waals surface area (Å²) in [6.07, 6.45) is 1.62. The van der Waals surface area contributed by atoms with E-state index < -0.39 is 10.8 Å². The molecule has 0 saturated carbocycles. The van der Waals surface area contributed by atoms with Crippen LogP contribution in [0.3, 0.4) is 0 Å². The summed E-state index contributed by atoms with van der Waals surface area (Å²) in [7, 11) is 0. The Bertz CT molecular complexity index is 1020. The van der Waals surface area contributed by atoms with Crippen LogP contribution in [-0.4, -0.2) is 47.8 Å². The molecule has 8 heteroatoms. The van der Waals surface area contributed by atoms with Crippen molar-refractivity contribution in [1.29, 1.82) is 0 Å². The molecule has 3 rings (SSSR count). The quantitative estimate of drug-likeness (QED) is 0.460. The number of carbonyl (C=O) groups excluding carboxylic acids is 2. The molecule has 2 amide bonds. The van der Waals surface area contributed by atoms with Crippen molar-refractivity contribution in [2.24, 2.45) is 11.3 Å². The molecule has 2 aromatic carbocycles. The van der Waals surface area contributed by atoms with Crippen molar-refractivity contribution in [3.8, 4) is 0 Å². The van der Waals surface area contributed by atoms with Gasteiger partial charge in [-0.2, -0.15) is 0 Å². The lowest BCUT2D eigenvalue weighted by Gasteiger charge is -2.37. The maximum Gasteiger partial charge on any atom is 0.270 e. The van der Waals surface area contributed by atoms with E-state index in [0.717, 1.165) is 25.2 Å². The highest BCUT2D eigenvalue weighted by molar-refractivity contribution is 6.04. The number of carbonyl (C=O) groups is 2. The summed E-state index contributed by atoms with van der Waals surface area (Å²) < 4.78 is 0. The van der Waals surface area contributed by atoms with Crippen molar-refractivity contribution in [3.63, 3.8) is 0 Å². The molecule has 1 aliphatic heterocycles. The number of benzene rings is 2. The number of nitrogens with one attached hydrogen (secondary N) is 1. The van der Waals surface area contributed by atoms with Crippen LogP contribution in [0.1, 0.15) is 50.9 Å². The molecule has 0 aromatic heterocycles. The first kappa shape index (κ1) is 25.2. The number of non-ortho nitro benzene ring substituents is 1. The zero-order chi connectivity index (χ0) is 24.9.